The molecule has 0 radical (unpaired) electrons. The van der Waals surface area contributed by atoms with Gasteiger partial charge in [-0.2, -0.15) is 0 Å². The van der Waals surface area contributed by atoms with Crippen LogP contribution in [0.3, 0.4) is 0 Å². The molecule has 6 heteroatoms. The highest BCUT2D eigenvalue weighted by molar-refractivity contribution is 9.10. The molecule has 0 fully saturated rings. The van der Waals surface area contributed by atoms with Gasteiger partial charge in [0.25, 0.3) is 5.91 Å². The van der Waals surface area contributed by atoms with Crippen LogP contribution in [0.1, 0.15) is 10.4 Å². The number of aromatic nitrogens is 1. The molecule has 0 aliphatic heterocycles. The first-order valence-electron chi connectivity index (χ1n) is 5.36. The number of carbonyl (C=O) groups excluding carboxylic acids is 1. The number of amides is 1. The van der Waals surface area contributed by atoms with Crippen molar-refractivity contribution in [1.29, 1.82) is 0 Å². The Hall–Kier alpha value is -1.40. The van der Waals surface area contributed by atoms with Gasteiger partial charge in [0.05, 0.1) is 24.6 Å². The number of pyridine rings is 1. The number of methoxy groups -OCH3 is 1. The first kappa shape index (κ1) is 14.0. The Labute approximate surface area is 127 Å². The van der Waals surface area contributed by atoms with E-state index in [4.69, 9.17) is 4.74 Å². The minimum absolute atomic E-state index is 0.227. The molecule has 0 unspecified atom stereocenters. The zero-order valence-corrected chi connectivity index (χ0v) is 13.2. The number of carbonyl (C=O) groups is 1. The Morgan fingerprint density at radius 2 is 2.05 bits per heavy atom. The minimum Gasteiger partial charge on any atom is -0.497 e. The van der Waals surface area contributed by atoms with Crippen LogP contribution < -0.4 is 10.1 Å². The summed E-state index contributed by atoms with van der Waals surface area (Å²) in [5.41, 5.74) is 1.13. The molecular formula is C13H10Br2N2O2. The van der Waals surface area contributed by atoms with Crippen LogP contribution in [0.5, 0.6) is 5.75 Å². The van der Waals surface area contributed by atoms with Crippen molar-refractivity contribution in [1.82, 2.24) is 4.98 Å². The van der Waals surface area contributed by atoms with Crippen LogP contribution in [0, 0.1) is 0 Å². The largest absolute Gasteiger partial charge is 0.497 e. The Morgan fingerprint density at radius 1 is 1.26 bits per heavy atom. The Bertz CT molecular complexity index is 600. The fourth-order valence-electron chi connectivity index (χ4n) is 1.45. The molecule has 0 atom stereocenters. The van der Waals surface area contributed by atoms with E-state index in [0.29, 0.717) is 26.1 Å². The number of anilines is 1. The molecule has 98 valence electrons. The van der Waals surface area contributed by atoms with Crippen molar-refractivity contribution >= 4 is 43.5 Å². The summed E-state index contributed by atoms with van der Waals surface area (Å²) in [7, 11) is 1.56. The molecule has 1 N–H and O–H groups in total. The first-order chi connectivity index (χ1) is 9.10. The molecule has 0 saturated heterocycles. The summed E-state index contributed by atoms with van der Waals surface area (Å²) in [6.45, 7) is 0. The van der Waals surface area contributed by atoms with E-state index in [2.05, 4.69) is 42.2 Å². The summed E-state index contributed by atoms with van der Waals surface area (Å²) in [5, 5.41) is 2.77. The predicted octanol–water partition coefficient (Wildman–Crippen LogP) is 3.87. The average molecular weight is 386 g/mol. The molecule has 2 rings (SSSR count). The quantitative estimate of drug-likeness (QED) is 0.816. The normalized spacial score (nSPS) is 10.1. The molecule has 19 heavy (non-hydrogen) atoms. The maximum atomic E-state index is 12.2. The van der Waals surface area contributed by atoms with E-state index in [0.717, 1.165) is 0 Å². The van der Waals surface area contributed by atoms with Gasteiger partial charge in [0.2, 0.25) is 0 Å². The standard InChI is InChI=1S/C13H10Br2N2O2/c1-19-9-3-4-11(14)10(6-9)13(18)17-8-2-5-12(15)16-7-8/h2-7H,1H3,(H,17,18). The van der Waals surface area contributed by atoms with Gasteiger partial charge in [-0.15, -0.1) is 0 Å². The topological polar surface area (TPSA) is 51.2 Å². The molecule has 0 bridgehead atoms. The first-order valence-corrected chi connectivity index (χ1v) is 6.95. The maximum Gasteiger partial charge on any atom is 0.256 e. The van der Waals surface area contributed by atoms with E-state index < -0.39 is 0 Å². The lowest BCUT2D eigenvalue weighted by molar-refractivity contribution is 0.102. The van der Waals surface area contributed by atoms with Gasteiger partial charge >= 0.3 is 0 Å². The van der Waals surface area contributed by atoms with Crippen molar-refractivity contribution in [2.24, 2.45) is 0 Å². The van der Waals surface area contributed by atoms with Crippen LogP contribution in [0.15, 0.2) is 45.6 Å². The van der Waals surface area contributed by atoms with E-state index in [1.807, 2.05) is 0 Å². The van der Waals surface area contributed by atoms with E-state index >= 15 is 0 Å². The summed E-state index contributed by atoms with van der Waals surface area (Å²) in [4.78, 5) is 16.2. The number of nitrogens with zero attached hydrogens (tertiary/aromatic N) is 1. The number of ether oxygens (including phenoxy) is 1. The summed E-state index contributed by atoms with van der Waals surface area (Å²) < 4.78 is 6.53. The van der Waals surface area contributed by atoms with Gasteiger partial charge in [-0.3, -0.25) is 4.79 Å². The summed E-state index contributed by atoms with van der Waals surface area (Å²) in [6, 6.07) is 8.75. The third kappa shape index (κ3) is 3.54. The lowest BCUT2D eigenvalue weighted by Crippen LogP contribution is -2.12. The highest BCUT2D eigenvalue weighted by atomic mass is 79.9. The van der Waals surface area contributed by atoms with Crippen LogP contribution in [-0.2, 0) is 0 Å². The second kappa shape index (κ2) is 6.16. The van der Waals surface area contributed by atoms with Crippen LogP contribution in [-0.4, -0.2) is 18.0 Å². The van der Waals surface area contributed by atoms with Gasteiger partial charge in [-0.1, -0.05) is 0 Å². The molecule has 1 amide bonds. The van der Waals surface area contributed by atoms with E-state index in [1.165, 1.54) is 0 Å². The SMILES string of the molecule is COc1ccc(Br)c(C(=O)Nc2ccc(Br)nc2)c1. The third-order valence-corrected chi connectivity index (χ3v) is 3.56. The molecule has 0 aliphatic carbocycles. The van der Waals surface area contributed by atoms with E-state index in [9.17, 15) is 4.79 Å². The Kier molecular flexibility index (Phi) is 4.55. The van der Waals surface area contributed by atoms with E-state index in [-0.39, 0.29) is 5.91 Å². The fraction of sp³-hybridized carbons (Fsp3) is 0.0769. The van der Waals surface area contributed by atoms with Crippen LogP contribution in [0.25, 0.3) is 0 Å². The van der Waals surface area contributed by atoms with Crippen molar-refractivity contribution in [3.8, 4) is 5.75 Å². The van der Waals surface area contributed by atoms with Gasteiger partial charge in [-0.05, 0) is 62.2 Å². The van der Waals surface area contributed by atoms with Gasteiger partial charge in [-0.25, -0.2) is 4.98 Å². The molecule has 0 spiro atoms. The lowest BCUT2D eigenvalue weighted by atomic mass is 10.2. The van der Waals surface area contributed by atoms with Gasteiger partial charge < -0.3 is 10.1 Å². The number of benzene rings is 1. The number of rotatable bonds is 3. The molecule has 0 saturated carbocycles. The molecule has 0 aliphatic rings. The molecular weight excluding hydrogens is 376 g/mol. The van der Waals surface area contributed by atoms with Crippen molar-refractivity contribution in [3.05, 3.63) is 51.2 Å². The van der Waals surface area contributed by atoms with Crippen LogP contribution in [0.4, 0.5) is 5.69 Å². The zero-order chi connectivity index (χ0) is 13.8. The van der Waals surface area contributed by atoms with Crippen LogP contribution >= 0.6 is 31.9 Å². The second-order valence-electron chi connectivity index (χ2n) is 3.67. The Morgan fingerprint density at radius 3 is 2.68 bits per heavy atom. The molecule has 4 nitrogen and oxygen atoms in total. The van der Waals surface area contributed by atoms with Gasteiger partial charge in [0.15, 0.2) is 0 Å². The van der Waals surface area contributed by atoms with E-state index in [1.54, 1.807) is 43.6 Å². The molecule has 1 aromatic heterocycles. The summed E-state index contributed by atoms with van der Waals surface area (Å²) in [6.07, 6.45) is 1.58. The average Bonchev–Trinajstić information content (AvgIpc) is 2.42. The Balaban J connectivity index is 2.22. The summed E-state index contributed by atoms with van der Waals surface area (Å²) >= 11 is 6.58. The van der Waals surface area contributed by atoms with Crippen molar-refractivity contribution in [3.63, 3.8) is 0 Å². The second-order valence-corrected chi connectivity index (χ2v) is 5.34. The molecule has 1 aromatic carbocycles. The highest BCUT2D eigenvalue weighted by Crippen LogP contribution is 2.23. The minimum atomic E-state index is -0.227. The molecule has 2 aromatic rings. The van der Waals surface area contributed by atoms with Gasteiger partial charge in [0, 0.05) is 4.47 Å². The number of halogens is 2. The van der Waals surface area contributed by atoms with Crippen molar-refractivity contribution in [2.45, 2.75) is 0 Å². The maximum absolute atomic E-state index is 12.2. The highest BCUT2D eigenvalue weighted by Gasteiger charge is 2.11. The van der Waals surface area contributed by atoms with Crippen molar-refractivity contribution in [2.75, 3.05) is 12.4 Å². The monoisotopic (exact) mass is 384 g/mol. The van der Waals surface area contributed by atoms with Crippen LogP contribution in [0.2, 0.25) is 0 Å². The lowest BCUT2D eigenvalue weighted by Gasteiger charge is -2.08. The predicted molar refractivity (Wildman–Crippen MR) is 80.6 cm³/mol. The number of hydrogen-bond acceptors (Lipinski definition) is 3. The summed E-state index contributed by atoms with van der Waals surface area (Å²) in [5.74, 6) is 0.400. The number of nitrogens with one attached hydrogen (secondary N) is 1. The fourth-order valence-corrected chi connectivity index (χ4v) is 2.11. The molecule has 1 heterocycles. The number of hydrogen-bond donors (Lipinski definition) is 1. The zero-order valence-electron chi connectivity index (χ0n) is 9.98. The third-order valence-electron chi connectivity index (χ3n) is 2.40. The smallest absolute Gasteiger partial charge is 0.256 e. The van der Waals surface area contributed by atoms with Gasteiger partial charge in [0.1, 0.15) is 10.4 Å². The van der Waals surface area contributed by atoms with Crippen molar-refractivity contribution < 1.29 is 9.53 Å².